The first kappa shape index (κ1) is 20.1. The molecule has 0 spiro atoms. The van der Waals surface area contributed by atoms with Crippen LogP contribution in [0.25, 0.3) is 0 Å². The first-order valence-electron chi connectivity index (χ1n) is 8.29. The van der Waals surface area contributed by atoms with Gasteiger partial charge in [0, 0.05) is 11.3 Å². The predicted octanol–water partition coefficient (Wildman–Crippen LogP) is 5.25. The number of alkyl halides is 3. The summed E-state index contributed by atoms with van der Waals surface area (Å²) in [5.74, 6) is -2.35. The molecule has 0 fully saturated rings. The Morgan fingerprint density at radius 2 is 1.72 bits per heavy atom. The Kier molecular flexibility index (Phi) is 5.40. The Morgan fingerprint density at radius 3 is 2.34 bits per heavy atom. The molecule has 0 atom stereocenters. The Balaban J connectivity index is 1.87. The van der Waals surface area contributed by atoms with Crippen molar-refractivity contribution in [2.24, 2.45) is 0 Å². The first-order chi connectivity index (χ1) is 13.6. The SMILES string of the molecule is Cc1ccc(C(=O)Nc2ccc(NC(=O)c3ccco3)cc2C(F)(F)F)cc1F. The smallest absolute Gasteiger partial charge is 0.418 e. The predicted molar refractivity (Wildman–Crippen MR) is 97.2 cm³/mol. The fraction of sp³-hybridized carbons (Fsp3) is 0.100. The summed E-state index contributed by atoms with van der Waals surface area (Å²) in [6, 6.07) is 9.30. The second kappa shape index (κ2) is 7.78. The van der Waals surface area contributed by atoms with Gasteiger partial charge in [-0.3, -0.25) is 9.59 Å². The number of hydrogen-bond donors (Lipinski definition) is 2. The van der Waals surface area contributed by atoms with E-state index >= 15 is 0 Å². The minimum Gasteiger partial charge on any atom is -0.459 e. The van der Waals surface area contributed by atoms with Gasteiger partial charge in [0.15, 0.2) is 5.76 Å². The van der Waals surface area contributed by atoms with E-state index in [1.807, 2.05) is 0 Å². The second-order valence-electron chi connectivity index (χ2n) is 6.11. The molecule has 1 aromatic heterocycles. The van der Waals surface area contributed by atoms with Crippen molar-refractivity contribution < 1.29 is 31.6 Å². The summed E-state index contributed by atoms with van der Waals surface area (Å²) < 4.78 is 58.9. The van der Waals surface area contributed by atoms with Crippen molar-refractivity contribution in [1.29, 1.82) is 0 Å². The van der Waals surface area contributed by atoms with Crippen LogP contribution in [0.1, 0.15) is 32.0 Å². The van der Waals surface area contributed by atoms with Gasteiger partial charge < -0.3 is 15.1 Å². The molecule has 2 amide bonds. The number of benzene rings is 2. The highest BCUT2D eigenvalue weighted by atomic mass is 19.4. The van der Waals surface area contributed by atoms with Gasteiger partial charge in [0.1, 0.15) is 5.82 Å². The number of carbonyl (C=O) groups excluding carboxylic acids is 2. The van der Waals surface area contributed by atoms with Crippen LogP contribution < -0.4 is 10.6 Å². The van der Waals surface area contributed by atoms with Crippen LogP contribution in [0.15, 0.2) is 59.2 Å². The summed E-state index contributed by atoms with van der Waals surface area (Å²) >= 11 is 0. The lowest BCUT2D eigenvalue weighted by molar-refractivity contribution is -0.136. The molecular weight excluding hydrogens is 392 g/mol. The van der Waals surface area contributed by atoms with Gasteiger partial charge >= 0.3 is 6.18 Å². The van der Waals surface area contributed by atoms with Crippen molar-refractivity contribution in [3.05, 3.63) is 83.1 Å². The highest BCUT2D eigenvalue weighted by molar-refractivity contribution is 6.05. The van der Waals surface area contributed by atoms with E-state index in [0.717, 1.165) is 12.1 Å². The Bertz CT molecular complexity index is 1060. The van der Waals surface area contributed by atoms with Gasteiger partial charge in [0.05, 0.1) is 17.5 Å². The zero-order valence-corrected chi connectivity index (χ0v) is 14.9. The molecule has 9 heteroatoms. The van der Waals surface area contributed by atoms with E-state index in [2.05, 4.69) is 10.6 Å². The molecule has 0 saturated carbocycles. The van der Waals surface area contributed by atoms with E-state index in [9.17, 15) is 27.2 Å². The highest BCUT2D eigenvalue weighted by Gasteiger charge is 2.34. The van der Waals surface area contributed by atoms with Gasteiger partial charge in [-0.05, 0) is 55.0 Å². The van der Waals surface area contributed by atoms with Crippen LogP contribution in [0.5, 0.6) is 0 Å². The molecule has 0 saturated heterocycles. The van der Waals surface area contributed by atoms with Crippen molar-refractivity contribution in [3.8, 4) is 0 Å². The number of amides is 2. The fourth-order valence-electron chi connectivity index (χ4n) is 2.49. The first-order valence-corrected chi connectivity index (χ1v) is 8.29. The number of hydrogen-bond acceptors (Lipinski definition) is 3. The van der Waals surface area contributed by atoms with E-state index in [0.29, 0.717) is 11.6 Å². The standard InChI is InChI=1S/C20H14F4N2O3/c1-11-4-5-12(9-15(11)21)18(27)26-16-7-6-13(10-14(16)20(22,23)24)25-19(28)17-3-2-8-29-17/h2-10H,1H3,(H,25,28)(H,26,27). The Hall–Kier alpha value is -3.62. The summed E-state index contributed by atoms with van der Waals surface area (Å²) in [5.41, 5.74) is -1.67. The zero-order chi connectivity index (χ0) is 21.2. The molecule has 0 bridgehead atoms. The van der Waals surface area contributed by atoms with Crippen LogP contribution in [0.2, 0.25) is 0 Å². The lowest BCUT2D eigenvalue weighted by Gasteiger charge is -2.16. The Labute approximate surface area is 162 Å². The highest BCUT2D eigenvalue weighted by Crippen LogP contribution is 2.37. The number of nitrogens with one attached hydrogen (secondary N) is 2. The van der Waals surface area contributed by atoms with Gasteiger partial charge in [0.25, 0.3) is 11.8 Å². The third kappa shape index (κ3) is 4.63. The lowest BCUT2D eigenvalue weighted by Crippen LogP contribution is -2.18. The normalized spacial score (nSPS) is 11.2. The molecule has 3 aromatic rings. The molecule has 0 aliphatic rings. The van der Waals surface area contributed by atoms with E-state index in [-0.39, 0.29) is 17.0 Å². The maximum Gasteiger partial charge on any atom is 0.418 e. The lowest BCUT2D eigenvalue weighted by atomic mass is 10.1. The average molecular weight is 406 g/mol. The maximum absolute atomic E-state index is 13.6. The number of anilines is 2. The molecule has 2 aromatic carbocycles. The molecule has 0 unspecified atom stereocenters. The average Bonchev–Trinajstić information content (AvgIpc) is 3.19. The number of aryl methyl sites for hydroxylation is 1. The monoisotopic (exact) mass is 406 g/mol. The van der Waals surface area contributed by atoms with Crippen LogP contribution in [0.3, 0.4) is 0 Å². The third-order valence-electron chi connectivity index (χ3n) is 4.01. The Morgan fingerprint density at radius 1 is 0.966 bits per heavy atom. The maximum atomic E-state index is 13.6. The van der Waals surface area contributed by atoms with E-state index in [4.69, 9.17) is 4.42 Å². The third-order valence-corrected chi connectivity index (χ3v) is 4.01. The molecular formula is C20H14F4N2O3. The fourth-order valence-corrected chi connectivity index (χ4v) is 2.49. The van der Waals surface area contributed by atoms with Crippen LogP contribution in [0, 0.1) is 12.7 Å². The van der Waals surface area contributed by atoms with Gasteiger partial charge in [-0.15, -0.1) is 0 Å². The van der Waals surface area contributed by atoms with E-state index in [1.54, 1.807) is 0 Å². The van der Waals surface area contributed by atoms with E-state index in [1.165, 1.54) is 43.5 Å². The zero-order valence-electron chi connectivity index (χ0n) is 14.9. The van der Waals surface area contributed by atoms with E-state index < -0.39 is 35.1 Å². The summed E-state index contributed by atoms with van der Waals surface area (Å²) in [6.07, 6.45) is -3.56. The summed E-state index contributed by atoms with van der Waals surface area (Å²) in [5, 5.41) is 4.42. The van der Waals surface area contributed by atoms with Crippen LogP contribution in [0.4, 0.5) is 28.9 Å². The van der Waals surface area contributed by atoms with Crippen molar-refractivity contribution in [3.63, 3.8) is 0 Å². The minimum atomic E-state index is -4.81. The number of furan rings is 1. The summed E-state index contributed by atoms with van der Waals surface area (Å²) in [6.45, 7) is 1.49. The molecule has 150 valence electrons. The number of halogens is 4. The van der Waals surface area contributed by atoms with Crippen molar-refractivity contribution in [1.82, 2.24) is 0 Å². The van der Waals surface area contributed by atoms with Crippen molar-refractivity contribution in [2.75, 3.05) is 10.6 Å². The summed E-state index contributed by atoms with van der Waals surface area (Å²) in [4.78, 5) is 24.2. The van der Waals surface area contributed by atoms with Gasteiger partial charge in [-0.25, -0.2) is 4.39 Å². The molecule has 2 N–H and O–H groups in total. The molecule has 0 aliphatic carbocycles. The molecule has 3 rings (SSSR count). The number of carbonyl (C=O) groups is 2. The van der Waals surface area contributed by atoms with Gasteiger partial charge in [0.2, 0.25) is 0 Å². The van der Waals surface area contributed by atoms with Crippen LogP contribution in [-0.4, -0.2) is 11.8 Å². The molecule has 1 heterocycles. The molecule has 0 aliphatic heterocycles. The van der Waals surface area contributed by atoms with Gasteiger partial charge in [-0.2, -0.15) is 13.2 Å². The number of rotatable bonds is 4. The topological polar surface area (TPSA) is 71.3 Å². The quantitative estimate of drug-likeness (QED) is 0.582. The van der Waals surface area contributed by atoms with Gasteiger partial charge in [-0.1, -0.05) is 6.07 Å². The largest absolute Gasteiger partial charge is 0.459 e. The molecule has 0 radical (unpaired) electrons. The second-order valence-corrected chi connectivity index (χ2v) is 6.11. The van der Waals surface area contributed by atoms with Crippen LogP contribution in [-0.2, 0) is 6.18 Å². The molecule has 29 heavy (non-hydrogen) atoms. The van der Waals surface area contributed by atoms with Crippen molar-refractivity contribution in [2.45, 2.75) is 13.1 Å². The van der Waals surface area contributed by atoms with Crippen LogP contribution >= 0.6 is 0 Å². The van der Waals surface area contributed by atoms with Crippen molar-refractivity contribution >= 4 is 23.2 Å². The summed E-state index contributed by atoms with van der Waals surface area (Å²) in [7, 11) is 0. The molecule has 5 nitrogen and oxygen atoms in total. The minimum absolute atomic E-state index is 0.0719.